The first-order valence-electron chi connectivity index (χ1n) is 7.28. The Balaban J connectivity index is 1.69. The number of anilines is 2. The van der Waals surface area contributed by atoms with Gasteiger partial charge in [-0.2, -0.15) is 0 Å². The molecule has 2 heterocycles. The number of carbonyl (C=O) groups is 2. The van der Waals surface area contributed by atoms with Crippen LogP contribution in [0.25, 0.3) is 0 Å². The molecule has 112 valence electrons. The molecule has 0 aliphatic carbocycles. The summed E-state index contributed by atoms with van der Waals surface area (Å²) in [5.74, 6) is -0.0417. The Bertz CT molecular complexity index is 693. The van der Waals surface area contributed by atoms with Gasteiger partial charge in [-0.25, -0.2) is 0 Å². The standard InChI is InChI=1S/C17H17N3O2/c1-12-4-5-13(11-18-12)17(22)19-14-6-8-15(9-7-14)20-10-2-3-16(20)21/h4-9,11H,2-3,10H2,1H3,(H,19,22). The van der Waals surface area contributed by atoms with E-state index in [1.807, 2.05) is 19.1 Å². The van der Waals surface area contributed by atoms with Gasteiger partial charge in [-0.05, 0) is 49.7 Å². The van der Waals surface area contributed by atoms with Crippen molar-refractivity contribution in [1.29, 1.82) is 0 Å². The lowest BCUT2D eigenvalue weighted by Crippen LogP contribution is -2.23. The van der Waals surface area contributed by atoms with Gasteiger partial charge in [0.1, 0.15) is 0 Å². The highest BCUT2D eigenvalue weighted by Crippen LogP contribution is 2.23. The Morgan fingerprint density at radius 3 is 2.55 bits per heavy atom. The second kappa shape index (κ2) is 5.97. The summed E-state index contributed by atoms with van der Waals surface area (Å²) >= 11 is 0. The van der Waals surface area contributed by atoms with E-state index >= 15 is 0 Å². The van der Waals surface area contributed by atoms with Crippen LogP contribution < -0.4 is 10.2 Å². The van der Waals surface area contributed by atoms with Gasteiger partial charge in [0.05, 0.1) is 5.56 Å². The zero-order valence-electron chi connectivity index (χ0n) is 12.4. The van der Waals surface area contributed by atoms with Crippen molar-refractivity contribution in [2.75, 3.05) is 16.8 Å². The van der Waals surface area contributed by atoms with Crippen LogP contribution in [0.15, 0.2) is 42.6 Å². The molecule has 2 aromatic rings. The van der Waals surface area contributed by atoms with Crippen LogP contribution in [-0.2, 0) is 4.79 Å². The summed E-state index contributed by atoms with van der Waals surface area (Å²) in [7, 11) is 0. The van der Waals surface area contributed by atoms with Crippen LogP contribution >= 0.6 is 0 Å². The number of hydrogen-bond donors (Lipinski definition) is 1. The fraction of sp³-hybridized carbons (Fsp3) is 0.235. The van der Waals surface area contributed by atoms with E-state index in [1.165, 1.54) is 0 Å². The van der Waals surface area contributed by atoms with E-state index in [2.05, 4.69) is 10.3 Å². The SMILES string of the molecule is Cc1ccc(C(=O)Nc2ccc(N3CCCC3=O)cc2)cn1. The summed E-state index contributed by atoms with van der Waals surface area (Å²) in [5.41, 5.74) is 2.96. The average Bonchev–Trinajstić information content (AvgIpc) is 2.95. The van der Waals surface area contributed by atoms with Crippen LogP contribution in [0.1, 0.15) is 28.9 Å². The predicted octanol–water partition coefficient (Wildman–Crippen LogP) is 2.77. The Labute approximate surface area is 129 Å². The van der Waals surface area contributed by atoms with E-state index in [-0.39, 0.29) is 11.8 Å². The highest BCUT2D eigenvalue weighted by Gasteiger charge is 2.21. The average molecular weight is 295 g/mol. The summed E-state index contributed by atoms with van der Waals surface area (Å²) in [6.07, 6.45) is 3.07. The molecule has 0 unspecified atom stereocenters. The van der Waals surface area contributed by atoms with Crippen LogP contribution in [0.4, 0.5) is 11.4 Å². The Kier molecular flexibility index (Phi) is 3.87. The topological polar surface area (TPSA) is 62.3 Å². The number of amides is 2. The molecule has 0 atom stereocenters. The van der Waals surface area contributed by atoms with Crippen LogP contribution in [0.2, 0.25) is 0 Å². The van der Waals surface area contributed by atoms with Crippen molar-refractivity contribution < 1.29 is 9.59 Å². The number of nitrogens with zero attached hydrogens (tertiary/aromatic N) is 2. The minimum atomic E-state index is -0.197. The number of aryl methyl sites for hydroxylation is 1. The molecule has 0 bridgehead atoms. The van der Waals surface area contributed by atoms with Crippen LogP contribution in [-0.4, -0.2) is 23.3 Å². The van der Waals surface area contributed by atoms with Gasteiger partial charge >= 0.3 is 0 Å². The lowest BCUT2D eigenvalue weighted by Gasteiger charge is -2.16. The Morgan fingerprint density at radius 2 is 1.95 bits per heavy atom. The van der Waals surface area contributed by atoms with Gasteiger partial charge < -0.3 is 10.2 Å². The summed E-state index contributed by atoms with van der Waals surface area (Å²) in [6.45, 7) is 2.64. The van der Waals surface area contributed by atoms with Crippen LogP contribution in [0.3, 0.4) is 0 Å². The summed E-state index contributed by atoms with van der Waals surface area (Å²) in [6, 6.07) is 10.9. The van der Waals surface area contributed by atoms with Gasteiger partial charge in [-0.3, -0.25) is 14.6 Å². The summed E-state index contributed by atoms with van der Waals surface area (Å²) in [5, 5.41) is 2.82. The fourth-order valence-corrected chi connectivity index (χ4v) is 2.45. The lowest BCUT2D eigenvalue weighted by molar-refractivity contribution is -0.117. The van der Waals surface area contributed by atoms with Gasteiger partial charge in [-0.15, -0.1) is 0 Å². The predicted molar refractivity (Wildman–Crippen MR) is 85.0 cm³/mol. The van der Waals surface area contributed by atoms with Crippen molar-refractivity contribution in [1.82, 2.24) is 4.98 Å². The minimum absolute atomic E-state index is 0.155. The van der Waals surface area contributed by atoms with Gasteiger partial charge in [0, 0.05) is 36.2 Å². The van der Waals surface area contributed by atoms with Crippen molar-refractivity contribution in [3.63, 3.8) is 0 Å². The Morgan fingerprint density at radius 1 is 1.18 bits per heavy atom. The van der Waals surface area contributed by atoms with Gasteiger partial charge in [0.2, 0.25) is 5.91 Å². The molecule has 5 heteroatoms. The first-order chi connectivity index (χ1) is 10.6. The molecule has 0 radical (unpaired) electrons. The number of hydrogen-bond acceptors (Lipinski definition) is 3. The maximum absolute atomic E-state index is 12.1. The number of aromatic nitrogens is 1. The van der Waals surface area contributed by atoms with Gasteiger partial charge in [0.25, 0.3) is 5.91 Å². The number of rotatable bonds is 3. The molecular formula is C17H17N3O2. The molecule has 1 aromatic heterocycles. The van der Waals surface area contributed by atoms with E-state index in [1.54, 1.807) is 35.4 Å². The van der Waals surface area contributed by atoms with Crippen LogP contribution in [0.5, 0.6) is 0 Å². The molecule has 1 aromatic carbocycles. The maximum atomic E-state index is 12.1. The molecule has 5 nitrogen and oxygen atoms in total. The molecule has 2 amide bonds. The van der Waals surface area contributed by atoms with E-state index < -0.39 is 0 Å². The molecule has 1 fully saturated rings. The molecule has 1 aliphatic heterocycles. The zero-order valence-corrected chi connectivity index (χ0v) is 12.4. The molecule has 0 spiro atoms. The first kappa shape index (κ1) is 14.3. The smallest absolute Gasteiger partial charge is 0.257 e. The highest BCUT2D eigenvalue weighted by atomic mass is 16.2. The summed E-state index contributed by atoms with van der Waals surface area (Å²) in [4.78, 5) is 29.7. The first-order valence-corrected chi connectivity index (χ1v) is 7.28. The molecular weight excluding hydrogens is 278 g/mol. The Hall–Kier alpha value is -2.69. The molecule has 0 saturated carbocycles. The van der Waals surface area contributed by atoms with Crippen molar-refractivity contribution in [2.45, 2.75) is 19.8 Å². The molecule has 3 rings (SSSR count). The second-order valence-electron chi connectivity index (χ2n) is 5.34. The minimum Gasteiger partial charge on any atom is -0.322 e. The number of carbonyl (C=O) groups excluding carboxylic acids is 2. The van der Waals surface area contributed by atoms with Crippen molar-refractivity contribution in [3.05, 3.63) is 53.9 Å². The third-order valence-corrected chi connectivity index (χ3v) is 3.68. The van der Waals surface area contributed by atoms with Crippen molar-refractivity contribution in [3.8, 4) is 0 Å². The lowest BCUT2D eigenvalue weighted by atomic mass is 10.2. The molecule has 1 aliphatic rings. The molecule has 1 N–H and O–H groups in total. The van der Waals surface area contributed by atoms with E-state index in [9.17, 15) is 9.59 Å². The summed E-state index contributed by atoms with van der Waals surface area (Å²) < 4.78 is 0. The zero-order chi connectivity index (χ0) is 15.5. The molecule has 1 saturated heterocycles. The van der Waals surface area contributed by atoms with E-state index in [0.717, 1.165) is 24.3 Å². The third-order valence-electron chi connectivity index (χ3n) is 3.68. The highest BCUT2D eigenvalue weighted by molar-refractivity contribution is 6.04. The largest absolute Gasteiger partial charge is 0.322 e. The van der Waals surface area contributed by atoms with Crippen molar-refractivity contribution >= 4 is 23.2 Å². The van der Waals surface area contributed by atoms with E-state index in [0.29, 0.717) is 17.7 Å². The number of pyridine rings is 1. The number of nitrogens with one attached hydrogen (secondary N) is 1. The molecule has 22 heavy (non-hydrogen) atoms. The van der Waals surface area contributed by atoms with Gasteiger partial charge in [0.15, 0.2) is 0 Å². The normalized spacial score (nSPS) is 14.2. The maximum Gasteiger partial charge on any atom is 0.257 e. The second-order valence-corrected chi connectivity index (χ2v) is 5.34. The van der Waals surface area contributed by atoms with Gasteiger partial charge in [-0.1, -0.05) is 0 Å². The van der Waals surface area contributed by atoms with Crippen molar-refractivity contribution in [2.24, 2.45) is 0 Å². The fourth-order valence-electron chi connectivity index (χ4n) is 2.45. The third kappa shape index (κ3) is 2.98. The van der Waals surface area contributed by atoms with Crippen LogP contribution in [0, 0.1) is 6.92 Å². The number of benzene rings is 1. The monoisotopic (exact) mass is 295 g/mol. The van der Waals surface area contributed by atoms with E-state index in [4.69, 9.17) is 0 Å². The quantitative estimate of drug-likeness (QED) is 0.947.